The third-order valence-corrected chi connectivity index (χ3v) is 6.09. The quantitative estimate of drug-likeness (QED) is 0.885. The van der Waals surface area contributed by atoms with E-state index in [0.717, 1.165) is 25.8 Å². The molecule has 0 saturated carbocycles. The van der Waals surface area contributed by atoms with E-state index in [1.807, 2.05) is 7.05 Å². The first-order valence-electron chi connectivity index (χ1n) is 7.04. The predicted molar refractivity (Wildman–Crippen MR) is 83.3 cm³/mol. The number of nitrogens with zero attached hydrogens (tertiary/aromatic N) is 2. The first-order chi connectivity index (χ1) is 9.46. The van der Waals surface area contributed by atoms with Crippen LogP contribution in [0, 0.1) is 19.8 Å². The van der Waals surface area contributed by atoms with E-state index in [1.54, 1.807) is 18.2 Å². The highest BCUT2D eigenvalue weighted by Crippen LogP contribution is 2.28. The van der Waals surface area contributed by atoms with Crippen molar-refractivity contribution < 1.29 is 12.9 Å². The van der Waals surface area contributed by atoms with Gasteiger partial charge in [-0.25, -0.2) is 8.42 Å². The molecular weight excluding hydrogens is 314 g/mol. The fourth-order valence-electron chi connectivity index (χ4n) is 2.76. The lowest BCUT2D eigenvalue weighted by atomic mass is 9.95. The topological polar surface area (TPSA) is 75.4 Å². The van der Waals surface area contributed by atoms with Gasteiger partial charge in [0.15, 0.2) is 5.76 Å². The van der Waals surface area contributed by atoms with Crippen LogP contribution < -0.4 is 5.32 Å². The maximum atomic E-state index is 12.6. The summed E-state index contributed by atoms with van der Waals surface area (Å²) in [7, 11) is -1.52. The Balaban J connectivity index is 0.00000220. The molecule has 2 rings (SSSR count). The van der Waals surface area contributed by atoms with Gasteiger partial charge < -0.3 is 9.84 Å². The highest BCUT2D eigenvalue weighted by atomic mass is 35.5. The first kappa shape index (κ1) is 18.4. The molecule has 6 nitrogen and oxygen atoms in total. The molecule has 1 fully saturated rings. The van der Waals surface area contributed by atoms with E-state index in [1.165, 1.54) is 0 Å². The standard InChI is InChI=1S/C13H23N3O3S.ClH/c1-10-13(11(2)19-15-10)20(17,18)16-8-5-12(6-9-16)4-7-14-3;/h12,14H,4-9H2,1-3H3;1H. The number of hydrogen-bond acceptors (Lipinski definition) is 5. The summed E-state index contributed by atoms with van der Waals surface area (Å²) in [5.74, 6) is 0.985. The number of piperidine rings is 1. The SMILES string of the molecule is CNCCC1CCN(S(=O)(=O)c2c(C)noc2C)CC1.Cl. The van der Waals surface area contributed by atoms with Gasteiger partial charge in [-0.15, -0.1) is 12.4 Å². The molecule has 1 aromatic heterocycles. The number of hydrogen-bond donors (Lipinski definition) is 1. The Morgan fingerprint density at radius 2 is 1.95 bits per heavy atom. The van der Waals surface area contributed by atoms with Gasteiger partial charge in [0.1, 0.15) is 10.6 Å². The van der Waals surface area contributed by atoms with Crippen molar-refractivity contribution in [2.45, 2.75) is 38.0 Å². The molecule has 0 bridgehead atoms. The molecule has 0 unspecified atom stereocenters. The molecule has 2 heterocycles. The van der Waals surface area contributed by atoms with Gasteiger partial charge in [-0.2, -0.15) is 4.31 Å². The lowest BCUT2D eigenvalue weighted by molar-refractivity contribution is 0.262. The van der Waals surface area contributed by atoms with Crippen LogP contribution in [0.2, 0.25) is 0 Å². The fraction of sp³-hybridized carbons (Fsp3) is 0.769. The molecule has 0 atom stereocenters. The summed E-state index contributed by atoms with van der Waals surface area (Å²) >= 11 is 0. The van der Waals surface area contributed by atoms with Crippen molar-refractivity contribution in [2.24, 2.45) is 5.92 Å². The first-order valence-corrected chi connectivity index (χ1v) is 8.48. The lowest BCUT2D eigenvalue weighted by Gasteiger charge is -2.31. The van der Waals surface area contributed by atoms with Crippen molar-refractivity contribution in [1.82, 2.24) is 14.8 Å². The maximum Gasteiger partial charge on any atom is 0.248 e. The van der Waals surface area contributed by atoms with E-state index in [-0.39, 0.29) is 17.3 Å². The van der Waals surface area contributed by atoms with Gasteiger partial charge >= 0.3 is 0 Å². The normalized spacial score (nSPS) is 17.7. The zero-order valence-corrected chi connectivity index (χ0v) is 14.4. The molecule has 1 saturated heterocycles. The number of nitrogens with one attached hydrogen (secondary N) is 1. The minimum Gasteiger partial charge on any atom is -0.360 e. The third-order valence-electron chi connectivity index (χ3n) is 3.94. The Morgan fingerprint density at radius 3 is 2.43 bits per heavy atom. The molecule has 0 aromatic carbocycles. The second kappa shape index (κ2) is 7.58. The molecule has 122 valence electrons. The van der Waals surface area contributed by atoms with Gasteiger partial charge in [0, 0.05) is 13.1 Å². The van der Waals surface area contributed by atoms with E-state index in [4.69, 9.17) is 4.52 Å². The van der Waals surface area contributed by atoms with Crippen LogP contribution in [0.4, 0.5) is 0 Å². The van der Waals surface area contributed by atoms with Gasteiger partial charge in [-0.05, 0) is 52.6 Å². The smallest absolute Gasteiger partial charge is 0.248 e. The highest BCUT2D eigenvalue weighted by Gasteiger charge is 2.33. The van der Waals surface area contributed by atoms with E-state index in [0.29, 0.717) is 30.5 Å². The van der Waals surface area contributed by atoms with Gasteiger partial charge in [-0.1, -0.05) is 5.16 Å². The van der Waals surface area contributed by atoms with Crippen LogP contribution in [0.3, 0.4) is 0 Å². The van der Waals surface area contributed by atoms with Crippen LogP contribution in [-0.4, -0.2) is 44.6 Å². The van der Waals surface area contributed by atoms with Crippen LogP contribution in [0.15, 0.2) is 9.42 Å². The van der Waals surface area contributed by atoms with Crippen molar-refractivity contribution >= 4 is 22.4 Å². The summed E-state index contributed by atoms with van der Waals surface area (Å²) < 4.78 is 31.8. The van der Waals surface area contributed by atoms with Gasteiger partial charge in [0.05, 0.1) is 0 Å². The summed E-state index contributed by atoms with van der Waals surface area (Å²) in [5, 5.41) is 6.88. The second-order valence-electron chi connectivity index (χ2n) is 5.39. The Hall–Kier alpha value is -0.630. The van der Waals surface area contributed by atoms with E-state index >= 15 is 0 Å². The Kier molecular flexibility index (Phi) is 6.65. The predicted octanol–water partition coefficient (Wildman–Crippen LogP) is 1.72. The minimum absolute atomic E-state index is 0. The maximum absolute atomic E-state index is 12.6. The van der Waals surface area contributed by atoms with Crippen LogP contribution in [0.1, 0.15) is 30.7 Å². The molecule has 0 spiro atoms. The van der Waals surface area contributed by atoms with Crippen molar-refractivity contribution in [3.63, 3.8) is 0 Å². The number of rotatable bonds is 5. The van der Waals surface area contributed by atoms with Gasteiger partial charge in [0.2, 0.25) is 10.0 Å². The minimum atomic E-state index is -3.46. The van der Waals surface area contributed by atoms with Crippen LogP contribution in [-0.2, 0) is 10.0 Å². The molecule has 1 aromatic rings. The zero-order valence-electron chi connectivity index (χ0n) is 12.8. The average molecular weight is 338 g/mol. The number of aromatic nitrogens is 1. The molecule has 0 radical (unpaired) electrons. The molecule has 1 aliphatic rings. The number of sulfonamides is 1. The summed E-state index contributed by atoms with van der Waals surface area (Å²) in [6, 6.07) is 0. The highest BCUT2D eigenvalue weighted by molar-refractivity contribution is 7.89. The largest absolute Gasteiger partial charge is 0.360 e. The van der Waals surface area contributed by atoms with Crippen LogP contribution in [0.5, 0.6) is 0 Å². The molecule has 1 aliphatic heterocycles. The Bertz CT molecular complexity index is 532. The van der Waals surface area contributed by atoms with Crippen molar-refractivity contribution in [3.8, 4) is 0 Å². The second-order valence-corrected chi connectivity index (χ2v) is 7.27. The van der Waals surface area contributed by atoms with Crippen molar-refractivity contribution in [1.29, 1.82) is 0 Å². The molecule has 0 aliphatic carbocycles. The van der Waals surface area contributed by atoms with Gasteiger partial charge in [0.25, 0.3) is 0 Å². The molecule has 0 amide bonds. The monoisotopic (exact) mass is 337 g/mol. The molecule has 1 N–H and O–H groups in total. The number of aryl methyl sites for hydroxylation is 2. The van der Waals surface area contributed by atoms with Crippen LogP contribution in [0.25, 0.3) is 0 Å². The van der Waals surface area contributed by atoms with Gasteiger partial charge in [-0.3, -0.25) is 0 Å². The summed E-state index contributed by atoms with van der Waals surface area (Å²) in [6.45, 7) is 5.47. The molecular formula is C13H24ClN3O3S. The van der Waals surface area contributed by atoms with E-state index in [9.17, 15) is 8.42 Å². The summed E-state index contributed by atoms with van der Waals surface area (Å²) in [6.07, 6.45) is 2.95. The lowest BCUT2D eigenvalue weighted by Crippen LogP contribution is -2.39. The Labute approximate surface area is 132 Å². The fourth-order valence-corrected chi connectivity index (χ4v) is 4.52. The summed E-state index contributed by atoms with van der Waals surface area (Å²) in [5.41, 5.74) is 0.444. The zero-order chi connectivity index (χ0) is 14.8. The average Bonchev–Trinajstić information content (AvgIpc) is 2.77. The third kappa shape index (κ3) is 3.97. The Morgan fingerprint density at radius 1 is 1.33 bits per heavy atom. The molecule has 8 heteroatoms. The van der Waals surface area contributed by atoms with Crippen molar-refractivity contribution in [3.05, 3.63) is 11.5 Å². The van der Waals surface area contributed by atoms with E-state index < -0.39 is 10.0 Å². The number of halogens is 1. The molecule has 21 heavy (non-hydrogen) atoms. The summed E-state index contributed by atoms with van der Waals surface area (Å²) in [4.78, 5) is 0.242. The van der Waals surface area contributed by atoms with Crippen LogP contribution >= 0.6 is 12.4 Å². The van der Waals surface area contributed by atoms with E-state index in [2.05, 4.69) is 10.5 Å². The van der Waals surface area contributed by atoms with Crippen molar-refractivity contribution in [2.75, 3.05) is 26.7 Å².